The molecule has 0 aromatic heterocycles. The normalized spacial score (nSPS) is 13.0. The van der Waals surface area contributed by atoms with Gasteiger partial charge in [-0.15, -0.1) is 0 Å². The van der Waals surface area contributed by atoms with Crippen molar-refractivity contribution < 1.29 is 26.4 Å². The van der Waals surface area contributed by atoms with E-state index in [1.807, 2.05) is 31.2 Å². The van der Waals surface area contributed by atoms with Gasteiger partial charge in [0.15, 0.2) is 0 Å². The van der Waals surface area contributed by atoms with Crippen molar-refractivity contribution in [3.8, 4) is 0 Å². The van der Waals surface area contributed by atoms with Gasteiger partial charge in [0.05, 0.1) is 28.6 Å². The fourth-order valence-electron chi connectivity index (χ4n) is 2.83. The van der Waals surface area contributed by atoms with Crippen LogP contribution in [0.15, 0.2) is 42.5 Å². The summed E-state index contributed by atoms with van der Waals surface area (Å²) in [5.74, 6) is -0.656. The molecule has 0 spiro atoms. The SMILES string of the molecule is CCc1ccc([C@@H](C)NC(=O)CN(c2ccc(Cl)c(C(F)(F)F)c2)S(C)(=O)=O)cc1. The number of rotatable bonds is 7. The Labute approximate surface area is 178 Å². The Morgan fingerprint density at radius 1 is 1.17 bits per heavy atom. The number of aryl methyl sites for hydroxylation is 1. The second kappa shape index (κ2) is 9.26. The topological polar surface area (TPSA) is 66.5 Å². The third-order valence-corrected chi connectivity index (χ3v) is 5.97. The Balaban J connectivity index is 2.24. The van der Waals surface area contributed by atoms with Crippen LogP contribution >= 0.6 is 11.6 Å². The van der Waals surface area contributed by atoms with E-state index < -0.39 is 45.3 Å². The van der Waals surface area contributed by atoms with Crippen molar-refractivity contribution in [1.29, 1.82) is 0 Å². The molecule has 0 saturated heterocycles. The molecule has 1 atom stereocenters. The maximum atomic E-state index is 13.1. The van der Waals surface area contributed by atoms with Crippen LogP contribution in [0.1, 0.15) is 36.6 Å². The van der Waals surface area contributed by atoms with Crippen molar-refractivity contribution in [3.05, 3.63) is 64.2 Å². The smallest absolute Gasteiger partial charge is 0.348 e. The summed E-state index contributed by atoms with van der Waals surface area (Å²) in [4.78, 5) is 12.5. The highest BCUT2D eigenvalue weighted by Crippen LogP contribution is 2.37. The lowest BCUT2D eigenvalue weighted by atomic mass is 10.1. The molecule has 0 unspecified atom stereocenters. The molecule has 5 nitrogen and oxygen atoms in total. The largest absolute Gasteiger partial charge is 0.417 e. The lowest BCUT2D eigenvalue weighted by Gasteiger charge is -2.24. The number of benzene rings is 2. The third kappa shape index (κ3) is 6.12. The predicted octanol–water partition coefficient (Wildman–Crippen LogP) is 4.56. The summed E-state index contributed by atoms with van der Waals surface area (Å²) in [6.45, 7) is 3.07. The molecule has 0 heterocycles. The van der Waals surface area contributed by atoms with Gasteiger partial charge in [-0.25, -0.2) is 8.42 Å². The number of hydrogen-bond acceptors (Lipinski definition) is 3. The van der Waals surface area contributed by atoms with Crippen molar-refractivity contribution in [2.45, 2.75) is 32.5 Å². The van der Waals surface area contributed by atoms with E-state index in [2.05, 4.69) is 5.32 Å². The number of hydrogen-bond donors (Lipinski definition) is 1. The van der Waals surface area contributed by atoms with E-state index in [4.69, 9.17) is 11.6 Å². The monoisotopic (exact) mass is 462 g/mol. The summed E-state index contributed by atoms with van der Waals surface area (Å²) in [7, 11) is -4.04. The van der Waals surface area contributed by atoms with Crippen LogP contribution in [-0.2, 0) is 27.4 Å². The molecule has 164 valence electrons. The maximum absolute atomic E-state index is 13.1. The summed E-state index contributed by atoms with van der Waals surface area (Å²) < 4.78 is 64.4. The van der Waals surface area contributed by atoms with Gasteiger partial charge in [-0.3, -0.25) is 9.10 Å². The zero-order valence-electron chi connectivity index (χ0n) is 16.6. The first-order valence-electron chi connectivity index (χ1n) is 9.05. The second-order valence-electron chi connectivity index (χ2n) is 6.82. The van der Waals surface area contributed by atoms with Gasteiger partial charge in [0.2, 0.25) is 15.9 Å². The molecule has 0 aliphatic heterocycles. The second-order valence-corrected chi connectivity index (χ2v) is 9.13. The van der Waals surface area contributed by atoms with E-state index in [-0.39, 0.29) is 5.69 Å². The molecular formula is C20H22ClF3N2O3S. The van der Waals surface area contributed by atoms with Crippen LogP contribution in [-0.4, -0.2) is 27.1 Å². The minimum Gasteiger partial charge on any atom is -0.348 e. The van der Waals surface area contributed by atoms with E-state index in [9.17, 15) is 26.4 Å². The number of carbonyl (C=O) groups is 1. The zero-order valence-corrected chi connectivity index (χ0v) is 18.2. The van der Waals surface area contributed by atoms with E-state index in [1.165, 1.54) is 0 Å². The van der Waals surface area contributed by atoms with Crippen LogP contribution in [0.5, 0.6) is 0 Å². The van der Waals surface area contributed by atoms with Crippen LogP contribution < -0.4 is 9.62 Å². The predicted molar refractivity (Wildman–Crippen MR) is 111 cm³/mol. The first kappa shape index (κ1) is 24.0. The lowest BCUT2D eigenvalue weighted by molar-refractivity contribution is -0.137. The van der Waals surface area contributed by atoms with Crippen molar-refractivity contribution >= 4 is 33.2 Å². The van der Waals surface area contributed by atoms with Gasteiger partial charge in [0, 0.05) is 0 Å². The average molecular weight is 463 g/mol. The number of sulfonamides is 1. The van der Waals surface area contributed by atoms with Gasteiger partial charge >= 0.3 is 6.18 Å². The Hall–Kier alpha value is -2.26. The van der Waals surface area contributed by atoms with Crippen LogP contribution in [0, 0.1) is 0 Å². The molecule has 1 N–H and O–H groups in total. The minimum absolute atomic E-state index is 0.302. The van der Waals surface area contributed by atoms with E-state index in [0.717, 1.165) is 35.9 Å². The van der Waals surface area contributed by atoms with E-state index >= 15 is 0 Å². The number of halogens is 4. The number of amides is 1. The molecule has 0 fully saturated rings. The number of nitrogens with zero attached hydrogens (tertiary/aromatic N) is 1. The van der Waals surface area contributed by atoms with Gasteiger partial charge in [0.1, 0.15) is 6.54 Å². The van der Waals surface area contributed by atoms with Gasteiger partial charge in [-0.1, -0.05) is 42.8 Å². The van der Waals surface area contributed by atoms with Crippen LogP contribution in [0.3, 0.4) is 0 Å². The van der Waals surface area contributed by atoms with Crippen molar-refractivity contribution in [3.63, 3.8) is 0 Å². The van der Waals surface area contributed by atoms with Crippen molar-refractivity contribution in [1.82, 2.24) is 5.32 Å². The fourth-order valence-corrected chi connectivity index (χ4v) is 3.90. The van der Waals surface area contributed by atoms with E-state index in [0.29, 0.717) is 10.4 Å². The third-order valence-electron chi connectivity index (χ3n) is 4.50. The zero-order chi connectivity index (χ0) is 22.7. The summed E-state index contributed by atoms with van der Waals surface area (Å²) in [6, 6.07) is 9.83. The van der Waals surface area contributed by atoms with Crippen LogP contribution in [0.2, 0.25) is 5.02 Å². The number of anilines is 1. The molecule has 0 saturated carbocycles. The molecule has 1 amide bonds. The standard InChI is InChI=1S/C20H22ClF3N2O3S/c1-4-14-5-7-15(8-6-14)13(2)25-19(27)12-26(30(3,28)29)16-9-10-18(21)17(11-16)20(22,23)24/h5-11,13H,4,12H2,1-3H3,(H,25,27)/t13-/m1/s1. The first-order valence-corrected chi connectivity index (χ1v) is 11.3. The Morgan fingerprint density at radius 2 is 1.77 bits per heavy atom. The highest BCUT2D eigenvalue weighted by molar-refractivity contribution is 7.92. The van der Waals surface area contributed by atoms with Gasteiger partial charge in [-0.05, 0) is 42.7 Å². The highest BCUT2D eigenvalue weighted by Gasteiger charge is 2.34. The molecule has 2 aromatic rings. The Kier molecular flexibility index (Phi) is 7.41. The van der Waals surface area contributed by atoms with Crippen LogP contribution in [0.4, 0.5) is 18.9 Å². The molecule has 10 heteroatoms. The molecule has 0 radical (unpaired) electrons. The molecular weight excluding hydrogens is 441 g/mol. The average Bonchev–Trinajstić information content (AvgIpc) is 2.65. The van der Waals surface area contributed by atoms with Gasteiger partial charge < -0.3 is 5.32 Å². The molecule has 30 heavy (non-hydrogen) atoms. The number of carbonyl (C=O) groups excluding carboxylic acids is 1. The highest BCUT2D eigenvalue weighted by atomic mass is 35.5. The quantitative estimate of drug-likeness (QED) is 0.655. The molecule has 0 bridgehead atoms. The Bertz CT molecular complexity index is 1010. The summed E-state index contributed by atoms with van der Waals surface area (Å²) >= 11 is 5.60. The fraction of sp³-hybridized carbons (Fsp3) is 0.350. The van der Waals surface area contributed by atoms with Gasteiger partial charge in [0.25, 0.3) is 0 Å². The number of nitrogens with one attached hydrogen (secondary N) is 1. The summed E-state index contributed by atoms with van der Waals surface area (Å²) in [6.07, 6.45) is -3.09. The number of alkyl halides is 3. The van der Waals surface area contributed by atoms with Gasteiger partial charge in [-0.2, -0.15) is 13.2 Å². The maximum Gasteiger partial charge on any atom is 0.417 e. The summed E-state index contributed by atoms with van der Waals surface area (Å²) in [5, 5.41) is 2.11. The summed E-state index contributed by atoms with van der Waals surface area (Å²) in [5.41, 5.74) is 0.463. The van der Waals surface area contributed by atoms with E-state index in [1.54, 1.807) is 6.92 Å². The van der Waals surface area contributed by atoms with Crippen molar-refractivity contribution in [2.75, 3.05) is 17.1 Å². The Morgan fingerprint density at radius 3 is 2.27 bits per heavy atom. The first-order chi connectivity index (χ1) is 13.8. The molecule has 2 rings (SSSR count). The van der Waals surface area contributed by atoms with Crippen LogP contribution in [0.25, 0.3) is 0 Å². The van der Waals surface area contributed by atoms with Crippen molar-refractivity contribution in [2.24, 2.45) is 0 Å². The lowest BCUT2D eigenvalue weighted by Crippen LogP contribution is -2.41. The minimum atomic E-state index is -4.77. The molecule has 2 aromatic carbocycles. The molecule has 0 aliphatic carbocycles. The molecule has 0 aliphatic rings.